The lowest BCUT2D eigenvalue weighted by Crippen LogP contribution is -2.45. The molecule has 3 unspecified atom stereocenters. The zero-order chi connectivity index (χ0) is 16.2. The Morgan fingerprint density at radius 2 is 2.09 bits per heavy atom. The first kappa shape index (κ1) is 15.0. The van der Waals surface area contributed by atoms with E-state index in [1.807, 2.05) is 0 Å². The summed E-state index contributed by atoms with van der Waals surface area (Å²) < 4.78 is 5.62. The van der Waals surface area contributed by atoms with E-state index in [4.69, 9.17) is 4.74 Å². The third kappa shape index (κ3) is 2.26. The highest BCUT2D eigenvalue weighted by Crippen LogP contribution is 2.59. The van der Waals surface area contributed by atoms with Crippen molar-refractivity contribution >= 4 is 5.97 Å². The number of benzene rings is 1. The molecule has 1 fully saturated rings. The number of aryl methyl sites for hydroxylation is 2. The molecule has 4 rings (SSSR count). The predicted molar refractivity (Wildman–Crippen MR) is 91.3 cm³/mol. The van der Waals surface area contributed by atoms with E-state index in [2.05, 4.69) is 44.2 Å². The average molecular weight is 310 g/mol. The van der Waals surface area contributed by atoms with E-state index in [0.29, 0.717) is 17.8 Å². The van der Waals surface area contributed by atoms with Gasteiger partial charge in [-0.15, -0.1) is 0 Å². The van der Waals surface area contributed by atoms with Gasteiger partial charge >= 0.3 is 5.97 Å². The molecule has 0 N–H and O–H groups in total. The van der Waals surface area contributed by atoms with Crippen molar-refractivity contribution < 1.29 is 9.53 Å². The fourth-order valence-corrected chi connectivity index (χ4v) is 5.48. The van der Waals surface area contributed by atoms with Crippen molar-refractivity contribution in [2.24, 2.45) is 17.3 Å². The van der Waals surface area contributed by atoms with Gasteiger partial charge in [-0.05, 0) is 67.6 Å². The molecule has 0 bridgehead atoms. The Bertz CT molecular complexity index is 674. The number of carbonyl (C=O) groups excluding carboxylic acids is 1. The number of ether oxygens (including phenoxy) is 1. The van der Waals surface area contributed by atoms with Gasteiger partial charge in [-0.3, -0.25) is 4.79 Å². The van der Waals surface area contributed by atoms with Crippen molar-refractivity contribution in [1.82, 2.24) is 0 Å². The summed E-state index contributed by atoms with van der Waals surface area (Å²) in [6, 6.07) is 7.01. The first-order valence-corrected chi connectivity index (χ1v) is 8.94. The maximum atomic E-state index is 11.4. The molecule has 2 nitrogen and oxygen atoms in total. The van der Waals surface area contributed by atoms with Gasteiger partial charge in [-0.1, -0.05) is 36.8 Å². The van der Waals surface area contributed by atoms with Gasteiger partial charge < -0.3 is 4.74 Å². The second-order valence-electron chi connectivity index (χ2n) is 8.00. The van der Waals surface area contributed by atoms with Crippen LogP contribution in [0.5, 0.6) is 0 Å². The minimum atomic E-state index is -0.159. The number of carbonyl (C=O) groups is 1. The topological polar surface area (TPSA) is 26.3 Å². The first-order valence-electron chi connectivity index (χ1n) is 8.94. The van der Waals surface area contributed by atoms with E-state index in [-0.39, 0.29) is 17.5 Å². The Morgan fingerprint density at radius 3 is 2.87 bits per heavy atom. The number of hydrogen-bond donors (Lipinski definition) is 0. The molecule has 5 atom stereocenters. The van der Waals surface area contributed by atoms with E-state index >= 15 is 0 Å². The van der Waals surface area contributed by atoms with Gasteiger partial charge in [0.05, 0.1) is 0 Å². The van der Waals surface area contributed by atoms with Crippen LogP contribution < -0.4 is 0 Å². The van der Waals surface area contributed by atoms with Gasteiger partial charge in [0.2, 0.25) is 0 Å². The van der Waals surface area contributed by atoms with Crippen LogP contribution in [0.4, 0.5) is 0 Å². The highest BCUT2D eigenvalue weighted by Gasteiger charge is 2.53. The van der Waals surface area contributed by atoms with Crippen LogP contribution in [-0.4, -0.2) is 12.1 Å². The summed E-state index contributed by atoms with van der Waals surface area (Å²) >= 11 is 0. The van der Waals surface area contributed by atoms with E-state index < -0.39 is 0 Å². The minimum Gasteiger partial charge on any atom is -0.458 e. The molecular formula is C21H26O2. The number of esters is 1. The van der Waals surface area contributed by atoms with Crippen LogP contribution in [0.2, 0.25) is 0 Å². The lowest BCUT2D eigenvalue weighted by molar-refractivity contribution is -0.152. The maximum absolute atomic E-state index is 11.4. The standard InChI is InChI=1S/C21H26O2/c1-13-4-6-16-15(12-13)5-7-18-17(16)10-11-21(3)19(18)8-9-20(21)23-14(2)22/h4,6,8-9,12,17-20H,5,7,10-11H2,1-3H3/t17?,18?,19?,20-,21-/m0/s1. The summed E-state index contributed by atoms with van der Waals surface area (Å²) in [6.45, 7) is 6.04. The van der Waals surface area contributed by atoms with Crippen LogP contribution in [0.3, 0.4) is 0 Å². The molecule has 1 saturated carbocycles. The lowest BCUT2D eigenvalue weighted by atomic mass is 9.55. The van der Waals surface area contributed by atoms with Gasteiger partial charge in [0.1, 0.15) is 6.10 Å². The van der Waals surface area contributed by atoms with Crippen molar-refractivity contribution in [3.05, 3.63) is 47.0 Å². The number of rotatable bonds is 1. The molecule has 2 heteroatoms. The predicted octanol–water partition coefficient (Wildman–Crippen LogP) is 4.56. The molecule has 3 aliphatic carbocycles. The van der Waals surface area contributed by atoms with E-state index in [1.54, 1.807) is 11.1 Å². The normalized spacial score (nSPS) is 37.7. The number of allylic oxidation sites excluding steroid dienone is 1. The monoisotopic (exact) mass is 310 g/mol. The Hall–Kier alpha value is -1.57. The van der Waals surface area contributed by atoms with Crippen LogP contribution >= 0.6 is 0 Å². The smallest absolute Gasteiger partial charge is 0.303 e. The lowest BCUT2D eigenvalue weighted by Gasteiger charge is -2.50. The molecular weight excluding hydrogens is 284 g/mol. The SMILES string of the molecule is CC(=O)O[C@H]1C=CC2C3CCc4cc(C)ccc4C3CC[C@@]21C. The molecule has 0 aliphatic heterocycles. The summed E-state index contributed by atoms with van der Waals surface area (Å²) in [4.78, 5) is 11.4. The molecule has 0 spiro atoms. The Labute approximate surface area is 138 Å². The molecule has 0 amide bonds. The minimum absolute atomic E-state index is 0.0367. The molecule has 0 aromatic heterocycles. The molecule has 0 saturated heterocycles. The van der Waals surface area contributed by atoms with Crippen LogP contribution in [0.15, 0.2) is 30.4 Å². The van der Waals surface area contributed by atoms with E-state index in [9.17, 15) is 4.79 Å². The maximum Gasteiger partial charge on any atom is 0.303 e. The zero-order valence-corrected chi connectivity index (χ0v) is 14.3. The first-order chi connectivity index (χ1) is 11.0. The quantitative estimate of drug-likeness (QED) is 0.561. The Kier molecular flexibility index (Phi) is 3.40. The Morgan fingerprint density at radius 1 is 1.26 bits per heavy atom. The average Bonchev–Trinajstić information content (AvgIpc) is 2.83. The van der Waals surface area contributed by atoms with Crippen LogP contribution in [0, 0.1) is 24.2 Å². The van der Waals surface area contributed by atoms with Crippen LogP contribution in [-0.2, 0) is 16.0 Å². The fraction of sp³-hybridized carbons (Fsp3) is 0.571. The number of fused-ring (bicyclic) bond motifs is 5. The van der Waals surface area contributed by atoms with Crippen LogP contribution in [0.25, 0.3) is 0 Å². The van der Waals surface area contributed by atoms with Gasteiger partial charge in [0.25, 0.3) is 0 Å². The van der Waals surface area contributed by atoms with Crippen molar-refractivity contribution in [1.29, 1.82) is 0 Å². The molecule has 1 aromatic carbocycles. The highest BCUT2D eigenvalue weighted by molar-refractivity contribution is 5.66. The number of hydrogen-bond acceptors (Lipinski definition) is 2. The molecule has 23 heavy (non-hydrogen) atoms. The molecule has 0 heterocycles. The van der Waals surface area contributed by atoms with Crippen LogP contribution in [0.1, 0.15) is 55.7 Å². The van der Waals surface area contributed by atoms with Crippen molar-refractivity contribution in [3.63, 3.8) is 0 Å². The molecule has 3 aliphatic rings. The Balaban J connectivity index is 1.65. The summed E-state index contributed by atoms with van der Waals surface area (Å²) in [5.41, 5.74) is 4.61. The third-order valence-electron chi connectivity index (χ3n) is 6.61. The van der Waals surface area contributed by atoms with E-state index in [0.717, 1.165) is 6.42 Å². The van der Waals surface area contributed by atoms with Gasteiger partial charge in [-0.25, -0.2) is 0 Å². The third-order valence-corrected chi connectivity index (χ3v) is 6.61. The highest BCUT2D eigenvalue weighted by atomic mass is 16.5. The summed E-state index contributed by atoms with van der Waals surface area (Å²) in [5, 5.41) is 0. The van der Waals surface area contributed by atoms with Gasteiger partial charge in [0.15, 0.2) is 0 Å². The van der Waals surface area contributed by atoms with Gasteiger partial charge in [-0.2, -0.15) is 0 Å². The molecule has 0 radical (unpaired) electrons. The molecule has 1 aromatic rings. The van der Waals surface area contributed by atoms with E-state index in [1.165, 1.54) is 31.7 Å². The second kappa shape index (κ2) is 5.22. The summed E-state index contributed by atoms with van der Waals surface area (Å²) in [5.74, 6) is 1.76. The zero-order valence-electron chi connectivity index (χ0n) is 14.3. The van der Waals surface area contributed by atoms with Crippen molar-refractivity contribution in [2.75, 3.05) is 0 Å². The van der Waals surface area contributed by atoms with Gasteiger partial charge in [0, 0.05) is 12.3 Å². The largest absolute Gasteiger partial charge is 0.458 e. The summed E-state index contributed by atoms with van der Waals surface area (Å²) in [6.07, 6.45) is 9.27. The fourth-order valence-electron chi connectivity index (χ4n) is 5.48. The van der Waals surface area contributed by atoms with Crippen molar-refractivity contribution in [3.8, 4) is 0 Å². The molecule has 122 valence electrons. The van der Waals surface area contributed by atoms with Crippen molar-refractivity contribution in [2.45, 2.75) is 58.5 Å². The summed E-state index contributed by atoms with van der Waals surface area (Å²) in [7, 11) is 0. The second-order valence-corrected chi connectivity index (χ2v) is 8.00.